The van der Waals surface area contributed by atoms with Gasteiger partial charge in [-0.1, -0.05) is 6.07 Å². The molecule has 4 heterocycles. The molecule has 5 rings (SSSR count). The monoisotopic (exact) mass is 358 g/mol. The molecule has 1 atom stereocenters. The van der Waals surface area contributed by atoms with Crippen LogP contribution in [0.5, 0.6) is 0 Å². The summed E-state index contributed by atoms with van der Waals surface area (Å²) < 4.78 is 1.91. The van der Waals surface area contributed by atoms with E-state index >= 15 is 0 Å². The van der Waals surface area contributed by atoms with Gasteiger partial charge in [0.05, 0.1) is 11.9 Å². The van der Waals surface area contributed by atoms with Crippen LogP contribution in [0.1, 0.15) is 30.0 Å². The fraction of sp³-hybridized carbons (Fsp3) is 0.286. The molecule has 0 amide bonds. The summed E-state index contributed by atoms with van der Waals surface area (Å²) in [6.07, 6.45) is 13.5. The molecule has 1 aliphatic heterocycles. The second kappa shape index (κ2) is 6.96. The summed E-state index contributed by atoms with van der Waals surface area (Å²) in [6.45, 7) is 3.13. The largest absolute Gasteiger partial charge is 0.361 e. The fourth-order valence-electron chi connectivity index (χ4n) is 3.99. The van der Waals surface area contributed by atoms with E-state index < -0.39 is 0 Å². The lowest BCUT2D eigenvalue weighted by molar-refractivity contribution is 0.198. The van der Waals surface area contributed by atoms with Crippen LogP contribution in [0.4, 0.5) is 0 Å². The molecule has 1 N–H and O–H groups in total. The molecule has 6 heteroatoms. The van der Waals surface area contributed by atoms with Gasteiger partial charge in [-0.3, -0.25) is 14.5 Å². The average Bonchev–Trinajstić information content (AvgIpc) is 3.40. The fourth-order valence-corrected chi connectivity index (χ4v) is 3.99. The number of rotatable bonds is 4. The van der Waals surface area contributed by atoms with E-state index in [0.29, 0.717) is 5.92 Å². The minimum atomic E-state index is 0.422. The molecule has 6 nitrogen and oxygen atoms in total. The maximum Gasteiger partial charge on any atom is 0.156 e. The molecule has 0 bridgehead atoms. The third-order valence-electron chi connectivity index (χ3n) is 5.36. The van der Waals surface area contributed by atoms with Crippen molar-refractivity contribution in [2.75, 3.05) is 13.1 Å². The van der Waals surface area contributed by atoms with Crippen molar-refractivity contribution >= 4 is 10.9 Å². The molecule has 27 heavy (non-hydrogen) atoms. The molecule has 1 aliphatic rings. The third kappa shape index (κ3) is 3.36. The average molecular weight is 358 g/mol. The number of aromatic nitrogens is 5. The van der Waals surface area contributed by atoms with Crippen LogP contribution in [0, 0.1) is 0 Å². The number of benzene rings is 1. The standard InChI is InChI=1S/C21H22N6/c1-2-18(20-11-23-12-21(25-20)27-9-7-22-15-27)14-26(8-1)13-16-3-4-19-17(10-16)5-6-24-19/h3-7,9-12,15,18,24H,1-2,8,13-14H2/t18-/m1/s1. The van der Waals surface area contributed by atoms with Gasteiger partial charge in [0.25, 0.3) is 0 Å². The summed E-state index contributed by atoms with van der Waals surface area (Å²) in [4.78, 5) is 19.2. The van der Waals surface area contributed by atoms with E-state index in [2.05, 4.69) is 44.1 Å². The van der Waals surface area contributed by atoms with Gasteiger partial charge in [-0.2, -0.15) is 0 Å². The van der Waals surface area contributed by atoms with Crippen molar-refractivity contribution in [3.05, 3.63) is 72.8 Å². The molecule has 0 spiro atoms. The van der Waals surface area contributed by atoms with Crippen molar-refractivity contribution in [3.8, 4) is 5.82 Å². The first kappa shape index (κ1) is 16.2. The normalized spacial score (nSPS) is 18.1. The van der Waals surface area contributed by atoms with Crippen molar-refractivity contribution in [1.82, 2.24) is 29.4 Å². The zero-order valence-corrected chi connectivity index (χ0v) is 15.1. The predicted molar refractivity (Wildman–Crippen MR) is 105 cm³/mol. The number of nitrogens with zero attached hydrogens (tertiary/aromatic N) is 5. The molecule has 0 radical (unpaired) electrons. The van der Waals surface area contributed by atoms with Crippen molar-refractivity contribution in [1.29, 1.82) is 0 Å². The van der Waals surface area contributed by atoms with Crippen molar-refractivity contribution < 1.29 is 0 Å². The van der Waals surface area contributed by atoms with Crippen LogP contribution in [0.15, 0.2) is 61.6 Å². The summed E-state index contributed by atoms with van der Waals surface area (Å²) in [5, 5.41) is 1.28. The Morgan fingerprint density at radius 3 is 3.07 bits per heavy atom. The quantitative estimate of drug-likeness (QED) is 0.606. The smallest absolute Gasteiger partial charge is 0.156 e. The van der Waals surface area contributed by atoms with Gasteiger partial charge in [0.2, 0.25) is 0 Å². The van der Waals surface area contributed by atoms with Gasteiger partial charge in [-0.25, -0.2) is 9.97 Å². The Bertz CT molecular complexity index is 1040. The van der Waals surface area contributed by atoms with E-state index in [0.717, 1.165) is 37.6 Å². The van der Waals surface area contributed by atoms with E-state index in [1.54, 1.807) is 18.7 Å². The predicted octanol–water partition coefficient (Wildman–Crippen LogP) is 3.52. The number of likely N-dealkylation sites (tertiary alicyclic amines) is 1. The highest BCUT2D eigenvalue weighted by molar-refractivity contribution is 5.79. The topological polar surface area (TPSA) is 62.6 Å². The minimum absolute atomic E-state index is 0.422. The highest BCUT2D eigenvalue weighted by Gasteiger charge is 2.23. The Balaban J connectivity index is 1.32. The van der Waals surface area contributed by atoms with E-state index in [-0.39, 0.29) is 0 Å². The van der Waals surface area contributed by atoms with Crippen LogP contribution in [0.3, 0.4) is 0 Å². The molecule has 1 aromatic carbocycles. The van der Waals surface area contributed by atoms with Crippen LogP contribution >= 0.6 is 0 Å². The number of hydrogen-bond donors (Lipinski definition) is 1. The van der Waals surface area contributed by atoms with E-state index in [1.807, 2.05) is 23.2 Å². The Hall–Kier alpha value is -2.99. The number of H-pyrrole nitrogens is 1. The van der Waals surface area contributed by atoms with Crippen LogP contribution in [-0.2, 0) is 6.54 Å². The van der Waals surface area contributed by atoms with Crippen molar-refractivity contribution in [2.24, 2.45) is 0 Å². The van der Waals surface area contributed by atoms with Gasteiger partial charge < -0.3 is 4.98 Å². The third-order valence-corrected chi connectivity index (χ3v) is 5.36. The number of aromatic amines is 1. The van der Waals surface area contributed by atoms with E-state index in [1.165, 1.54) is 22.9 Å². The zero-order chi connectivity index (χ0) is 18.1. The van der Waals surface area contributed by atoms with Gasteiger partial charge in [0.15, 0.2) is 5.82 Å². The summed E-state index contributed by atoms with van der Waals surface area (Å²) in [6, 6.07) is 8.82. The summed E-state index contributed by atoms with van der Waals surface area (Å²) in [5.41, 5.74) is 3.63. The lowest BCUT2D eigenvalue weighted by atomic mass is 9.94. The molecule has 3 aromatic heterocycles. The minimum Gasteiger partial charge on any atom is -0.361 e. The van der Waals surface area contributed by atoms with Gasteiger partial charge in [-0.15, -0.1) is 0 Å². The molecule has 1 saturated heterocycles. The number of imidazole rings is 1. The maximum absolute atomic E-state index is 4.84. The zero-order valence-electron chi connectivity index (χ0n) is 15.1. The first-order valence-corrected chi connectivity index (χ1v) is 9.44. The second-order valence-electron chi connectivity index (χ2n) is 7.25. The molecular formula is C21H22N6. The lowest BCUT2D eigenvalue weighted by Crippen LogP contribution is -2.34. The number of nitrogens with one attached hydrogen (secondary N) is 1. The molecule has 0 saturated carbocycles. The number of piperidine rings is 1. The van der Waals surface area contributed by atoms with Gasteiger partial charge in [0.1, 0.15) is 6.33 Å². The van der Waals surface area contributed by atoms with Crippen LogP contribution < -0.4 is 0 Å². The first-order valence-electron chi connectivity index (χ1n) is 9.44. The summed E-state index contributed by atoms with van der Waals surface area (Å²) >= 11 is 0. The van der Waals surface area contributed by atoms with Crippen LogP contribution in [0.25, 0.3) is 16.7 Å². The van der Waals surface area contributed by atoms with Gasteiger partial charge in [-0.05, 0) is 48.5 Å². The van der Waals surface area contributed by atoms with Crippen LogP contribution in [0.2, 0.25) is 0 Å². The maximum atomic E-state index is 4.84. The SMILES string of the molecule is c1cn(-c2cncc([C@@H]3CCCN(Cc4ccc5[nH]ccc5c4)C3)n2)cn1. The van der Waals surface area contributed by atoms with Crippen molar-refractivity contribution in [2.45, 2.75) is 25.3 Å². The van der Waals surface area contributed by atoms with E-state index in [9.17, 15) is 0 Å². The number of hydrogen-bond acceptors (Lipinski definition) is 4. The van der Waals surface area contributed by atoms with Crippen molar-refractivity contribution in [3.63, 3.8) is 0 Å². The Kier molecular flexibility index (Phi) is 4.18. The van der Waals surface area contributed by atoms with Gasteiger partial charge >= 0.3 is 0 Å². The molecule has 4 aromatic rings. The highest BCUT2D eigenvalue weighted by Crippen LogP contribution is 2.27. The molecule has 1 fully saturated rings. The van der Waals surface area contributed by atoms with Gasteiger partial charge in [0, 0.05) is 49.3 Å². The second-order valence-corrected chi connectivity index (χ2v) is 7.25. The highest BCUT2D eigenvalue weighted by atomic mass is 15.1. The number of fused-ring (bicyclic) bond motifs is 1. The molecular weight excluding hydrogens is 336 g/mol. The van der Waals surface area contributed by atoms with Crippen LogP contribution in [-0.4, -0.2) is 42.5 Å². The summed E-state index contributed by atoms with van der Waals surface area (Å²) in [7, 11) is 0. The Labute approximate surface area is 157 Å². The molecule has 136 valence electrons. The first-order chi connectivity index (χ1) is 13.3. The summed E-state index contributed by atoms with van der Waals surface area (Å²) in [5.74, 6) is 1.26. The Morgan fingerprint density at radius 1 is 1.15 bits per heavy atom. The molecule has 0 unspecified atom stereocenters. The van der Waals surface area contributed by atoms with E-state index in [4.69, 9.17) is 4.98 Å². The Morgan fingerprint density at radius 2 is 2.15 bits per heavy atom. The lowest BCUT2D eigenvalue weighted by Gasteiger charge is -2.32. The molecule has 0 aliphatic carbocycles.